The zero-order valence-electron chi connectivity index (χ0n) is 12.3. The first-order chi connectivity index (χ1) is 10.6. The Balaban J connectivity index is 1.85. The van der Waals surface area contributed by atoms with Crippen LogP contribution in [0.25, 0.3) is 0 Å². The Labute approximate surface area is 129 Å². The summed E-state index contributed by atoms with van der Waals surface area (Å²) in [7, 11) is 0. The van der Waals surface area contributed by atoms with Gasteiger partial charge < -0.3 is 10.2 Å². The van der Waals surface area contributed by atoms with Gasteiger partial charge in [-0.25, -0.2) is 0 Å². The van der Waals surface area contributed by atoms with E-state index in [0.717, 1.165) is 24.2 Å². The van der Waals surface area contributed by atoms with Gasteiger partial charge in [-0.1, -0.05) is 0 Å². The molecule has 1 N–H and O–H groups in total. The van der Waals surface area contributed by atoms with Crippen molar-refractivity contribution in [3.63, 3.8) is 0 Å². The van der Waals surface area contributed by atoms with Crippen LogP contribution in [-0.4, -0.2) is 22.8 Å². The molecule has 22 heavy (non-hydrogen) atoms. The number of rotatable bonds is 4. The molecule has 0 unspecified atom stereocenters. The summed E-state index contributed by atoms with van der Waals surface area (Å²) in [4.78, 5) is 29.6. The molecule has 0 saturated heterocycles. The molecule has 1 fully saturated rings. The Kier molecular flexibility index (Phi) is 3.87. The molecular weight excluding hydrogens is 278 g/mol. The quantitative estimate of drug-likeness (QED) is 0.943. The molecule has 5 nitrogen and oxygen atoms in total. The van der Waals surface area contributed by atoms with Gasteiger partial charge in [-0.15, -0.1) is 0 Å². The summed E-state index contributed by atoms with van der Waals surface area (Å²) in [6.45, 7) is 1.47. The molecule has 5 heteroatoms. The van der Waals surface area contributed by atoms with Crippen LogP contribution < -0.4 is 10.2 Å². The van der Waals surface area contributed by atoms with E-state index in [-0.39, 0.29) is 17.9 Å². The summed E-state index contributed by atoms with van der Waals surface area (Å²) in [6, 6.07) is 11.1. The first-order valence-corrected chi connectivity index (χ1v) is 7.26. The topological polar surface area (TPSA) is 62.3 Å². The molecule has 0 bridgehead atoms. The fourth-order valence-electron chi connectivity index (χ4n) is 2.36. The number of carbonyl (C=O) groups excluding carboxylic acids is 2. The second kappa shape index (κ2) is 5.97. The zero-order valence-corrected chi connectivity index (χ0v) is 12.3. The maximum atomic E-state index is 12.7. The van der Waals surface area contributed by atoms with Crippen molar-refractivity contribution in [3.8, 4) is 0 Å². The van der Waals surface area contributed by atoms with Crippen LogP contribution in [0.15, 0.2) is 48.8 Å². The van der Waals surface area contributed by atoms with Gasteiger partial charge in [0.2, 0.25) is 5.91 Å². The van der Waals surface area contributed by atoms with E-state index in [4.69, 9.17) is 0 Å². The lowest BCUT2D eigenvalue weighted by atomic mass is 10.2. The second-order valence-electron chi connectivity index (χ2n) is 5.38. The SMILES string of the molecule is CC(=O)Nc1ccc(N(C(=O)c2cccnc2)C2CC2)cc1. The molecule has 0 radical (unpaired) electrons. The van der Waals surface area contributed by atoms with Crippen LogP contribution in [0.4, 0.5) is 11.4 Å². The predicted molar refractivity (Wildman–Crippen MR) is 84.8 cm³/mol. The van der Waals surface area contributed by atoms with Crippen LogP contribution in [0.5, 0.6) is 0 Å². The summed E-state index contributed by atoms with van der Waals surface area (Å²) in [5, 5.41) is 2.72. The van der Waals surface area contributed by atoms with Gasteiger partial charge in [0, 0.05) is 36.7 Å². The van der Waals surface area contributed by atoms with Crippen LogP contribution in [0, 0.1) is 0 Å². The minimum atomic E-state index is -0.113. The fraction of sp³-hybridized carbons (Fsp3) is 0.235. The molecule has 2 amide bonds. The van der Waals surface area contributed by atoms with Crippen molar-refractivity contribution >= 4 is 23.2 Å². The van der Waals surface area contributed by atoms with Crippen molar-refractivity contribution in [1.82, 2.24) is 4.98 Å². The van der Waals surface area contributed by atoms with Gasteiger partial charge in [-0.3, -0.25) is 14.6 Å². The number of hydrogen-bond acceptors (Lipinski definition) is 3. The molecule has 112 valence electrons. The highest BCUT2D eigenvalue weighted by molar-refractivity contribution is 6.06. The van der Waals surface area contributed by atoms with Crippen molar-refractivity contribution in [2.24, 2.45) is 0 Å². The highest BCUT2D eigenvalue weighted by atomic mass is 16.2. The van der Waals surface area contributed by atoms with E-state index in [1.165, 1.54) is 6.92 Å². The highest BCUT2D eigenvalue weighted by Crippen LogP contribution is 2.33. The second-order valence-corrected chi connectivity index (χ2v) is 5.38. The minimum Gasteiger partial charge on any atom is -0.326 e. The van der Waals surface area contributed by atoms with E-state index in [0.29, 0.717) is 5.56 Å². The third-order valence-electron chi connectivity index (χ3n) is 3.51. The molecular formula is C17H17N3O2. The third-order valence-corrected chi connectivity index (χ3v) is 3.51. The van der Waals surface area contributed by atoms with Gasteiger partial charge >= 0.3 is 0 Å². The Morgan fingerprint density at radius 3 is 2.45 bits per heavy atom. The van der Waals surface area contributed by atoms with Gasteiger partial charge in [-0.05, 0) is 49.2 Å². The van der Waals surface area contributed by atoms with Crippen molar-refractivity contribution in [3.05, 3.63) is 54.4 Å². The zero-order chi connectivity index (χ0) is 15.5. The minimum absolute atomic E-state index is 0.0390. The van der Waals surface area contributed by atoms with Gasteiger partial charge in [0.15, 0.2) is 0 Å². The number of hydrogen-bond donors (Lipinski definition) is 1. The summed E-state index contributed by atoms with van der Waals surface area (Å²) < 4.78 is 0. The fourth-order valence-corrected chi connectivity index (χ4v) is 2.36. The van der Waals surface area contributed by atoms with Crippen LogP contribution in [-0.2, 0) is 4.79 Å². The van der Waals surface area contributed by atoms with E-state index < -0.39 is 0 Å². The van der Waals surface area contributed by atoms with E-state index in [1.54, 1.807) is 24.5 Å². The lowest BCUT2D eigenvalue weighted by Gasteiger charge is -2.23. The highest BCUT2D eigenvalue weighted by Gasteiger charge is 2.34. The Bertz CT molecular complexity index is 679. The molecule has 1 aliphatic carbocycles. The summed E-state index contributed by atoms with van der Waals surface area (Å²) in [5.74, 6) is -0.152. The molecule has 0 atom stereocenters. The number of aromatic nitrogens is 1. The standard InChI is InChI=1S/C17H17N3O2/c1-12(21)19-14-4-6-15(7-5-14)20(16-8-9-16)17(22)13-3-2-10-18-11-13/h2-7,10-11,16H,8-9H2,1H3,(H,19,21). The van der Waals surface area contributed by atoms with Crippen molar-refractivity contribution < 1.29 is 9.59 Å². The number of pyridine rings is 1. The third kappa shape index (κ3) is 3.14. The van der Waals surface area contributed by atoms with Crippen LogP contribution >= 0.6 is 0 Å². The van der Waals surface area contributed by atoms with E-state index in [1.807, 2.05) is 29.2 Å². The molecule has 1 aromatic carbocycles. The summed E-state index contributed by atoms with van der Waals surface area (Å²) >= 11 is 0. The average molecular weight is 295 g/mol. The van der Waals surface area contributed by atoms with Crippen LogP contribution in [0.3, 0.4) is 0 Å². The lowest BCUT2D eigenvalue weighted by Crippen LogP contribution is -2.33. The van der Waals surface area contributed by atoms with Gasteiger partial charge in [0.1, 0.15) is 0 Å². The first-order valence-electron chi connectivity index (χ1n) is 7.26. The normalized spacial score (nSPS) is 13.5. The van der Waals surface area contributed by atoms with Crippen molar-refractivity contribution in [2.75, 3.05) is 10.2 Å². The number of benzene rings is 1. The number of anilines is 2. The largest absolute Gasteiger partial charge is 0.326 e. The molecule has 1 saturated carbocycles. The van der Waals surface area contributed by atoms with E-state index in [9.17, 15) is 9.59 Å². The molecule has 1 aliphatic rings. The van der Waals surface area contributed by atoms with E-state index >= 15 is 0 Å². The molecule has 0 aliphatic heterocycles. The molecule has 1 heterocycles. The Morgan fingerprint density at radius 1 is 1.18 bits per heavy atom. The number of nitrogens with zero attached hydrogens (tertiary/aromatic N) is 2. The Hall–Kier alpha value is -2.69. The van der Waals surface area contributed by atoms with Gasteiger partial charge in [0.05, 0.1) is 5.56 Å². The average Bonchev–Trinajstić information content (AvgIpc) is 3.34. The molecule has 1 aromatic heterocycles. The summed E-state index contributed by atoms with van der Waals surface area (Å²) in [5.41, 5.74) is 2.15. The lowest BCUT2D eigenvalue weighted by molar-refractivity contribution is -0.114. The maximum absolute atomic E-state index is 12.7. The first kappa shape index (κ1) is 14.3. The smallest absolute Gasteiger partial charge is 0.260 e. The molecule has 2 aromatic rings. The molecule has 0 spiro atoms. The summed E-state index contributed by atoms with van der Waals surface area (Å²) in [6.07, 6.45) is 5.27. The number of nitrogens with one attached hydrogen (secondary N) is 1. The predicted octanol–water partition coefficient (Wildman–Crippen LogP) is 2.85. The van der Waals surface area contributed by atoms with E-state index in [2.05, 4.69) is 10.3 Å². The number of amides is 2. The number of carbonyl (C=O) groups is 2. The van der Waals surface area contributed by atoms with Crippen LogP contribution in [0.2, 0.25) is 0 Å². The molecule has 3 rings (SSSR count). The van der Waals surface area contributed by atoms with Crippen molar-refractivity contribution in [2.45, 2.75) is 25.8 Å². The van der Waals surface area contributed by atoms with Crippen LogP contribution in [0.1, 0.15) is 30.1 Å². The van der Waals surface area contributed by atoms with Gasteiger partial charge in [0.25, 0.3) is 5.91 Å². The van der Waals surface area contributed by atoms with Crippen molar-refractivity contribution in [1.29, 1.82) is 0 Å². The monoisotopic (exact) mass is 295 g/mol. The Morgan fingerprint density at radius 2 is 1.91 bits per heavy atom. The maximum Gasteiger partial charge on any atom is 0.260 e. The van der Waals surface area contributed by atoms with Gasteiger partial charge in [-0.2, -0.15) is 0 Å².